The van der Waals surface area contributed by atoms with Crippen molar-refractivity contribution in [3.05, 3.63) is 83.3 Å². The lowest BCUT2D eigenvalue weighted by molar-refractivity contribution is -0.124. The van der Waals surface area contributed by atoms with Crippen LogP contribution in [0.5, 0.6) is 5.75 Å². The zero-order valence-corrected chi connectivity index (χ0v) is 21.3. The van der Waals surface area contributed by atoms with Gasteiger partial charge in [0.2, 0.25) is 11.6 Å². The number of Topliss-reactive ketones (excluding diaryl/α,β-unsaturated/α-hetero) is 1. The number of fused-ring (bicyclic) bond motifs is 1. The molecule has 2 aromatic carbocycles. The first kappa shape index (κ1) is 27.2. The van der Waals surface area contributed by atoms with Crippen LogP contribution < -0.4 is 10.1 Å². The van der Waals surface area contributed by atoms with E-state index in [-0.39, 0.29) is 12.0 Å². The van der Waals surface area contributed by atoms with Crippen LogP contribution >= 0.6 is 0 Å². The Kier molecular flexibility index (Phi) is 7.77. The summed E-state index contributed by atoms with van der Waals surface area (Å²) in [5.74, 6) is -8.51. The lowest BCUT2D eigenvalue weighted by Crippen LogP contribution is -2.44. The third-order valence-electron chi connectivity index (χ3n) is 6.82. The third-order valence-corrected chi connectivity index (χ3v) is 6.82. The predicted molar refractivity (Wildman–Crippen MR) is 132 cm³/mol. The molecular weight excluding hydrogens is 502 g/mol. The molecule has 4 aromatic rings. The first-order valence-corrected chi connectivity index (χ1v) is 12.0. The summed E-state index contributed by atoms with van der Waals surface area (Å²) >= 11 is 0. The van der Waals surface area contributed by atoms with E-state index < -0.39 is 53.0 Å². The average Bonchev–Trinajstić information content (AvgIpc) is 3.40. The fourth-order valence-electron chi connectivity index (χ4n) is 3.90. The van der Waals surface area contributed by atoms with E-state index in [4.69, 9.17) is 4.74 Å². The van der Waals surface area contributed by atoms with Gasteiger partial charge < -0.3 is 10.1 Å². The molecule has 0 aliphatic rings. The molecule has 2 atom stereocenters. The summed E-state index contributed by atoms with van der Waals surface area (Å²) in [7, 11) is 0. The lowest BCUT2D eigenvalue weighted by Gasteiger charge is -2.33. The number of nitrogens with zero attached hydrogens (tertiary/aromatic N) is 4. The van der Waals surface area contributed by atoms with Crippen molar-refractivity contribution in [3.8, 4) is 5.75 Å². The summed E-state index contributed by atoms with van der Waals surface area (Å²) in [5, 5.41) is 12.9. The summed E-state index contributed by atoms with van der Waals surface area (Å²) < 4.78 is 60.6. The molecule has 7 nitrogen and oxygen atoms in total. The highest BCUT2D eigenvalue weighted by molar-refractivity contribution is 5.83. The Bertz CT molecular complexity index is 1450. The summed E-state index contributed by atoms with van der Waals surface area (Å²) in [6.45, 7) is 7.25. The number of aromatic nitrogens is 4. The smallest absolute Gasteiger partial charge is 0.203 e. The van der Waals surface area contributed by atoms with E-state index >= 15 is 0 Å². The molecule has 0 bridgehead atoms. The Labute approximate surface area is 216 Å². The van der Waals surface area contributed by atoms with Crippen molar-refractivity contribution in [1.29, 1.82) is 0 Å². The molecule has 2 aromatic heterocycles. The van der Waals surface area contributed by atoms with Gasteiger partial charge in [0.25, 0.3) is 0 Å². The highest BCUT2D eigenvalue weighted by Crippen LogP contribution is 2.30. The fourth-order valence-corrected chi connectivity index (χ4v) is 3.90. The number of ether oxygens (including phenoxy) is 1. The summed E-state index contributed by atoms with van der Waals surface area (Å²) in [6.07, 6.45) is 3.36. The molecule has 0 aliphatic carbocycles. The minimum Gasteiger partial charge on any atom is -0.479 e. The SMILES string of the molecule is CC(C(=O)COc1c(F)c(F)cc(F)c1F)n1cc([C@@](C)(NCc2ccc3ncccc3c2)C(C)C)nn1. The monoisotopic (exact) mass is 529 g/mol. The molecule has 0 aliphatic heterocycles. The van der Waals surface area contributed by atoms with Crippen molar-refractivity contribution in [3.63, 3.8) is 0 Å². The van der Waals surface area contributed by atoms with Crippen molar-refractivity contribution < 1.29 is 27.1 Å². The van der Waals surface area contributed by atoms with Gasteiger partial charge in [-0.1, -0.05) is 31.2 Å². The maximum absolute atomic E-state index is 13.8. The average molecular weight is 530 g/mol. The van der Waals surface area contributed by atoms with Crippen LogP contribution in [-0.2, 0) is 16.9 Å². The van der Waals surface area contributed by atoms with Gasteiger partial charge in [0.15, 0.2) is 23.2 Å². The zero-order chi connectivity index (χ0) is 27.6. The summed E-state index contributed by atoms with van der Waals surface area (Å²) in [6, 6.07) is 9.03. The zero-order valence-electron chi connectivity index (χ0n) is 21.3. The largest absolute Gasteiger partial charge is 0.479 e. The van der Waals surface area contributed by atoms with E-state index in [1.165, 1.54) is 11.6 Å². The van der Waals surface area contributed by atoms with Crippen molar-refractivity contribution in [2.24, 2.45) is 5.92 Å². The van der Waals surface area contributed by atoms with Crippen molar-refractivity contribution >= 4 is 16.7 Å². The minimum absolute atomic E-state index is 0.0654. The number of pyridine rings is 1. The van der Waals surface area contributed by atoms with E-state index in [0.29, 0.717) is 12.2 Å². The number of benzene rings is 2. The second-order valence-electron chi connectivity index (χ2n) is 9.55. The number of carbonyl (C=O) groups excluding carboxylic acids is 1. The first-order valence-electron chi connectivity index (χ1n) is 12.0. The van der Waals surface area contributed by atoms with E-state index in [2.05, 4.69) is 26.7 Å². The van der Waals surface area contributed by atoms with Crippen LogP contribution in [0, 0.1) is 29.2 Å². The van der Waals surface area contributed by atoms with E-state index in [0.717, 1.165) is 16.5 Å². The van der Waals surface area contributed by atoms with Gasteiger partial charge in [-0.15, -0.1) is 5.10 Å². The van der Waals surface area contributed by atoms with Crippen molar-refractivity contribution in [2.45, 2.75) is 45.8 Å². The van der Waals surface area contributed by atoms with Gasteiger partial charge in [0, 0.05) is 24.2 Å². The maximum Gasteiger partial charge on any atom is 0.203 e. The van der Waals surface area contributed by atoms with Crippen LogP contribution in [0.2, 0.25) is 0 Å². The van der Waals surface area contributed by atoms with Crippen molar-refractivity contribution in [1.82, 2.24) is 25.3 Å². The second-order valence-corrected chi connectivity index (χ2v) is 9.55. The predicted octanol–water partition coefficient (Wildman–Crippen LogP) is 5.25. The van der Waals surface area contributed by atoms with Crippen LogP contribution in [-0.4, -0.2) is 32.4 Å². The molecule has 2 heterocycles. The first-order chi connectivity index (χ1) is 18.0. The quantitative estimate of drug-likeness (QED) is 0.223. The topological polar surface area (TPSA) is 81.9 Å². The maximum atomic E-state index is 13.8. The van der Waals surface area contributed by atoms with E-state index in [9.17, 15) is 22.4 Å². The second kappa shape index (κ2) is 10.9. The van der Waals surface area contributed by atoms with E-state index in [1.54, 1.807) is 12.4 Å². The number of rotatable bonds is 10. The standard InChI is InChI=1S/C27H27F4N5O2/c1-15(2)27(4,33-12-17-7-8-21-18(10-17)6-5-9-32-21)23-13-36(35-34-23)16(3)22(37)14-38-26-24(30)19(28)11-20(29)25(26)31/h5-11,13,15-16,33H,12,14H2,1-4H3/t16?,27-/m0/s1. The van der Waals surface area contributed by atoms with Crippen LogP contribution in [0.15, 0.2) is 48.8 Å². The molecule has 0 saturated carbocycles. The Morgan fingerprint density at radius 3 is 2.47 bits per heavy atom. The molecular formula is C27H27F4N5O2. The fraction of sp³-hybridized carbons (Fsp3) is 0.333. The third kappa shape index (κ3) is 5.38. The van der Waals surface area contributed by atoms with Crippen LogP contribution in [0.4, 0.5) is 17.6 Å². The molecule has 0 spiro atoms. The summed E-state index contributed by atoms with van der Waals surface area (Å²) in [4.78, 5) is 17.0. The molecule has 0 amide bonds. The molecule has 0 fully saturated rings. The molecule has 200 valence electrons. The van der Waals surface area contributed by atoms with Crippen LogP contribution in [0.3, 0.4) is 0 Å². The highest BCUT2D eigenvalue weighted by Gasteiger charge is 2.34. The number of halogens is 4. The number of ketones is 1. The van der Waals surface area contributed by atoms with Gasteiger partial charge in [0.1, 0.15) is 18.3 Å². The Hall–Kier alpha value is -3.86. The molecule has 38 heavy (non-hydrogen) atoms. The van der Waals surface area contributed by atoms with Gasteiger partial charge in [-0.3, -0.25) is 9.78 Å². The van der Waals surface area contributed by atoms with Gasteiger partial charge in [-0.05, 0) is 43.5 Å². The van der Waals surface area contributed by atoms with Gasteiger partial charge in [-0.2, -0.15) is 8.78 Å². The minimum atomic E-state index is -1.71. The number of hydrogen-bond acceptors (Lipinski definition) is 6. The van der Waals surface area contributed by atoms with Gasteiger partial charge in [-0.25, -0.2) is 13.5 Å². The normalized spacial score (nSPS) is 14.0. The lowest BCUT2D eigenvalue weighted by atomic mass is 9.85. The Balaban J connectivity index is 1.46. The molecule has 0 radical (unpaired) electrons. The van der Waals surface area contributed by atoms with Gasteiger partial charge in [0.05, 0.1) is 17.3 Å². The van der Waals surface area contributed by atoms with Crippen LogP contribution in [0.25, 0.3) is 10.9 Å². The number of hydrogen-bond donors (Lipinski definition) is 1. The molecule has 1 unspecified atom stereocenters. The van der Waals surface area contributed by atoms with Gasteiger partial charge >= 0.3 is 0 Å². The highest BCUT2D eigenvalue weighted by atomic mass is 19.2. The number of nitrogens with one attached hydrogen (secondary N) is 1. The van der Waals surface area contributed by atoms with E-state index in [1.807, 2.05) is 45.0 Å². The number of carbonyl (C=O) groups is 1. The van der Waals surface area contributed by atoms with Crippen molar-refractivity contribution in [2.75, 3.05) is 6.61 Å². The molecule has 1 N–H and O–H groups in total. The molecule has 11 heteroatoms. The Morgan fingerprint density at radius 2 is 1.79 bits per heavy atom. The Morgan fingerprint density at radius 1 is 1.08 bits per heavy atom. The molecule has 4 rings (SSSR count). The summed E-state index contributed by atoms with van der Waals surface area (Å²) in [5.41, 5.74) is 1.92. The molecule has 0 saturated heterocycles. The van der Waals surface area contributed by atoms with Crippen LogP contribution in [0.1, 0.15) is 45.0 Å².